The Hall–Kier alpha value is -1.67. The van der Waals surface area contributed by atoms with Crippen molar-refractivity contribution in [1.82, 2.24) is 10.6 Å². The lowest BCUT2D eigenvalue weighted by atomic mass is 10.3. The summed E-state index contributed by atoms with van der Waals surface area (Å²) < 4.78 is 9.98. The molecule has 0 aromatic carbocycles. The Morgan fingerprint density at radius 2 is 1.94 bits per heavy atom. The van der Waals surface area contributed by atoms with Crippen LogP contribution >= 0.6 is 0 Å². The molecule has 8 heteroatoms. The fourth-order valence-electron chi connectivity index (χ4n) is 0.970. The molecule has 104 valence electrons. The second kappa shape index (κ2) is 10.5. The maximum absolute atomic E-state index is 11.3. The highest BCUT2D eigenvalue weighted by Gasteiger charge is 2.09. The van der Waals surface area contributed by atoms with Gasteiger partial charge in [-0.05, 0) is 6.92 Å². The van der Waals surface area contributed by atoms with E-state index in [1.54, 1.807) is 6.92 Å². The Morgan fingerprint density at radius 3 is 2.56 bits per heavy atom. The maximum Gasteiger partial charge on any atom is 0.243 e. The molecule has 0 aromatic rings. The third-order valence-electron chi connectivity index (χ3n) is 1.87. The predicted octanol–water partition coefficient (Wildman–Crippen LogP) is -2.24. The standard InChI is InChI=1S/C10H19N3O5/c1-8(13-7-14)10(16)12-2-3-17-4-5-18-6-9(11)15/h7-8H,2-6H2,1H3,(H2,11,15)(H,12,16)(H,13,14). The molecule has 0 fully saturated rings. The average molecular weight is 261 g/mol. The van der Waals surface area contributed by atoms with Crippen molar-refractivity contribution in [2.75, 3.05) is 33.0 Å². The van der Waals surface area contributed by atoms with Crippen molar-refractivity contribution in [2.45, 2.75) is 13.0 Å². The zero-order valence-electron chi connectivity index (χ0n) is 10.3. The van der Waals surface area contributed by atoms with Gasteiger partial charge in [-0.3, -0.25) is 14.4 Å². The van der Waals surface area contributed by atoms with Gasteiger partial charge in [0, 0.05) is 6.54 Å². The molecular weight excluding hydrogens is 242 g/mol. The molecule has 1 atom stereocenters. The van der Waals surface area contributed by atoms with Crippen molar-refractivity contribution < 1.29 is 23.9 Å². The molecule has 0 heterocycles. The van der Waals surface area contributed by atoms with Gasteiger partial charge in [-0.15, -0.1) is 0 Å². The summed E-state index contributed by atoms with van der Waals surface area (Å²) in [7, 11) is 0. The van der Waals surface area contributed by atoms with Crippen LogP contribution in [0.3, 0.4) is 0 Å². The summed E-state index contributed by atoms with van der Waals surface area (Å²) in [5.41, 5.74) is 4.86. The Balaban J connectivity index is 3.32. The molecule has 3 amide bonds. The van der Waals surface area contributed by atoms with Crippen LogP contribution in [0.2, 0.25) is 0 Å². The highest BCUT2D eigenvalue weighted by Crippen LogP contribution is 1.81. The Labute approximate surface area is 105 Å². The molecule has 0 aliphatic carbocycles. The monoisotopic (exact) mass is 261 g/mol. The van der Waals surface area contributed by atoms with E-state index in [9.17, 15) is 14.4 Å². The second-order valence-electron chi connectivity index (χ2n) is 3.43. The van der Waals surface area contributed by atoms with Crippen molar-refractivity contribution in [3.8, 4) is 0 Å². The number of carbonyl (C=O) groups excluding carboxylic acids is 3. The lowest BCUT2D eigenvalue weighted by Crippen LogP contribution is -2.42. The summed E-state index contributed by atoms with van der Waals surface area (Å²) in [5, 5.41) is 4.90. The molecule has 0 bridgehead atoms. The van der Waals surface area contributed by atoms with Crippen LogP contribution in [0, 0.1) is 0 Å². The van der Waals surface area contributed by atoms with Crippen LogP contribution in [-0.2, 0) is 23.9 Å². The topological polar surface area (TPSA) is 120 Å². The summed E-state index contributed by atoms with van der Waals surface area (Å²) in [4.78, 5) is 31.7. The molecule has 8 nitrogen and oxygen atoms in total. The van der Waals surface area contributed by atoms with Crippen LogP contribution in [0.1, 0.15) is 6.92 Å². The smallest absolute Gasteiger partial charge is 0.243 e. The first-order valence-electron chi connectivity index (χ1n) is 5.49. The summed E-state index contributed by atoms with van der Waals surface area (Å²) >= 11 is 0. The summed E-state index contributed by atoms with van der Waals surface area (Å²) in [6.07, 6.45) is 0.469. The van der Waals surface area contributed by atoms with Gasteiger partial charge in [0.15, 0.2) is 0 Å². The lowest BCUT2D eigenvalue weighted by molar-refractivity contribution is -0.125. The zero-order chi connectivity index (χ0) is 13.8. The van der Waals surface area contributed by atoms with Crippen LogP contribution in [0.5, 0.6) is 0 Å². The molecule has 1 unspecified atom stereocenters. The molecule has 18 heavy (non-hydrogen) atoms. The number of hydrogen-bond donors (Lipinski definition) is 3. The van der Waals surface area contributed by atoms with E-state index in [0.29, 0.717) is 26.2 Å². The number of primary amides is 1. The fraction of sp³-hybridized carbons (Fsp3) is 0.700. The maximum atomic E-state index is 11.3. The van der Waals surface area contributed by atoms with E-state index < -0.39 is 11.9 Å². The van der Waals surface area contributed by atoms with Crippen LogP contribution < -0.4 is 16.4 Å². The van der Waals surface area contributed by atoms with Gasteiger partial charge in [0.25, 0.3) is 0 Å². The largest absolute Gasteiger partial charge is 0.377 e. The van der Waals surface area contributed by atoms with Crippen LogP contribution in [0.4, 0.5) is 0 Å². The van der Waals surface area contributed by atoms with E-state index in [1.165, 1.54) is 0 Å². The first-order chi connectivity index (χ1) is 8.57. The quantitative estimate of drug-likeness (QED) is 0.287. The minimum Gasteiger partial charge on any atom is -0.377 e. The van der Waals surface area contributed by atoms with Crippen molar-refractivity contribution in [3.05, 3.63) is 0 Å². The first-order valence-corrected chi connectivity index (χ1v) is 5.49. The van der Waals surface area contributed by atoms with Crippen molar-refractivity contribution in [2.24, 2.45) is 5.73 Å². The van der Waals surface area contributed by atoms with Gasteiger partial charge in [0.2, 0.25) is 18.2 Å². The van der Waals surface area contributed by atoms with E-state index >= 15 is 0 Å². The van der Waals surface area contributed by atoms with Gasteiger partial charge in [-0.2, -0.15) is 0 Å². The highest BCUT2D eigenvalue weighted by molar-refractivity contribution is 5.83. The van der Waals surface area contributed by atoms with Crippen molar-refractivity contribution in [1.29, 1.82) is 0 Å². The van der Waals surface area contributed by atoms with Crippen LogP contribution in [-0.4, -0.2) is 57.2 Å². The lowest BCUT2D eigenvalue weighted by Gasteiger charge is -2.11. The number of nitrogens with two attached hydrogens (primary N) is 1. The number of hydrogen-bond acceptors (Lipinski definition) is 5. The molecule has 0 radical (unpaired) electrons. The molecule has 4 N–H and O–H groups in total. The third-order valence-corrected chi connectivity index (χ3v) is 1.87. The zero-order valence-corrected chi connectivity index (χ0v) is 10.3. The second-order valence-corrected chi connectivity index (χ2v) is 3.43. The van der Waals surface area contributed by atoms with E-state index in [4.69, 9.17) is 15.2 Å². The van der Waals surface area contributed by atoms with Gasteiger partial charge in [0.05, 0.1) is 19.8 Å². The van der Waals surface area contributed by atoms with Gasteiger partial charge in [-0.25, -0.2) is 0 Å². The predicted molar refractivity (Wildman–Crippen MR) is 62.5 cm³/mol. The summed E-state index contributed by atoms with van der Waals surface area (Å²) in [6, 6.07) is -0.568. The minimum atomic E-state index is -0.568. The summed E-state index contributed by atoms with van der Waals surface area (Å²) in [6.45, 7) is 2.67. The fourth-order valence-corrected chi connectivity index (χ4v) is 0.970. The van der Waals surface area contributed by atoms with Crippen LogP contribution in [0.15, 0.2) is 0 Å². The molecule has 0 aromatic heterocycles. The first kappa shape index (κ1) is 16.3. The molecule has 0 aliphatic heterocycles. The summed E-state index contributed by atoms with van der Waals surface area (Å²) in [5.74, 6) is -0.811. The number of amides is 3. The molecule has 0 saturated heterocycles. The number of carbonyl (C=O) groups is 3. The van der Waals surface area contributed by atoms with Crippen molar-refractivity contribution in [3.63, 3.8) is 0 Å². The van der Waals surface area contributed by atoms with E-state index in [2.05, 4.69) is 10.6 Å². The normalized spacial score (nSPS) is 11.6. The number of nitrogens with one attached hydrogen (secondary N) is 2. The Bertz CT molecular complexity index is 272. The minimum absolute atomic E-state index is 0.130. The van der Waals surface area contributed by atoms with Gasteiger partial charge in [-0.1, -0.05) is 0 Å². The molecule has 0 spiro atoms. The molecular formula is C10H19N3O5. The molecule has 0 aliphatic rings. The van der Waals surface area contributed by atoms with Crippen LogP contribution in [0.25, 0.3) is 0 Å². The molecule has 0 rings (SSSR count). The van der Waals surface area contributed by atoms with Gasteiger partial charge >= 0.3 is 0 Å². The third kappa shape index (κ3) is 9.55. The highest BCUT2D eigenvalue weighted by atomic mass is 16.5. The van der Waals surface area contributed by atoms with E-state index in [-0.39, 0.29) is 19.1 Å². The average Bonchev–Trinajstić information content (AvgIpc) is 2.32. The number of rotatable bonds is 11. The van der Waals surface area contributed by atoms with E-state index in [1.807, 2.05) is 0 Å². The SMILES string of the molecule is CC(NC=O)C(=O)NCCOCCOCC(N)=O. The number of ether oxygens (including phenoxy) is 2. The molecule has 0 saturated carbocycles. The Morgan fingerprint density at radius 1 is 1.28 bits per heavy atom. The van der Waals surface area contributed by atoms with Crippen molar-refractivity contribution >= 4 is 18.2 Å². The van der Waals surface area contributed by atoms with E-state index in [0.717, 1.165) is 0 Å². The van der Waals surface area contributed by atoms with Gasteiger partial charge in [0.1, 0.15) is 12.6 Å². The van der Waals surface area contributed by atoms with Gasteiger partial charge < -0.3 is 25.8 Å². The Kier molecular flexibility index (Phi) is 9.51.